The number of hydrogen-bond acceptors (Lipinski definition) is 5. The van der Waals surface area contributed by atoms with Crippen LogP contribution in [0.5, 0.6) is 0 Å². The van der Waals surface area contributed by atoms with Crippen molar-refractivity contribution in [3.8, 4) is 0 Å². The predicted octanol–water partition coefficient (Wildman–Crippen LogP) is 5.77. The summed E-state index contributed by atoms with van der Waals surface area (Å²) in [6.45, 7) is 3.38. The molecule has 0 aliphatic carbocycles. The molecule has 2 aromatic rings. The third-order valence-corrected chi connectivity index (χ3v) is 7.69. The van der Waals surface area contributed by atoms with Gasteiger partial charge < -0.3 is 24.0 Å². The maximum atomic E-state index is 6.74. The molecule has 0 unspecified atom stereocenters. The Morgan fingerprint density at radius 1 is 0.667 bits per heavy atom. The fourth-order valence-corrected chi connectivity index (χ4v) is 5.53. The highest BCUT2D eigenvalue weighted by atomic mass is 35.5. The Labute approximate surface area is 207 Å². The van der Waals surface area contributed by atoms with Gasteiger partial charge in [0.25, 0.3) is 0 Å². The number of methoxy groups -OCH3 is 2. The van der Waals surface area contributed by atoms with Gasteiger partial charge in [0.15, 0.2) is 11.6 Å². The zero-order valence-corrected chi connectivity index (χ0v) is 21.1. The van der Waals surface area contributed by atoms with Gasteiger partial charge in [0.1, 0.15) is 0 Å². The van der Waals surface area contributed by atoms with E-state index in [1.54, 1.807) is 14.2 Å². The normalized spacial score (nSPS) is 20.1. The zero-order chi connectivity index (χ0) is 23.3. The molecule has 0 spiro atoms. The first-order valence-electron chi connectivity index (χ1n) is 11.7. The van der Waals surface area contributed by atoms with Crippen molar-refractivity contribution in [3.63, 3.8) is 0 Å². The first kappa shape index (κ1) is 24.6. The van der Waals surface area contributed by atoms with Crippen molar-refractivity contribution >= 4 is 34.6 Å². The Bertz CT molecular complexity index is 836. The molecule has 2 fully saturated rings. The summed E-state index contributed by atoms with van der Waals surface area (Å²) in [4.78, 5) is 4.76. The second-order valence-corrected chi connectivity index (χ2v) is 9.36. The van der Waals surface area contributed by atoms with Gasteiger partial charge in [0, 0.05) is 89.2 Å². The molecule has 0 radical (unpaired) electrons. The Morgan fingerprint density at radius 3 is 1.36 bits per heavy atom. The molecule has 33 heavy (non-hydrogen) atoms. The molecule has 2 heterocycles. The van der Waals surface area contributed by atoms with Crippen LogP contribution in [0.25, 0.3) is 0 Å². The van der Waals surface area contributed by atoms with Crippen LogP contribution in [0, 0.1) is 0 Å². The molecule has 2 aliphatic rings. The van der Waals surface area contributed by atoms with E-state index in [1.807, 2.05) is 12.1 Å². The van der Waals surface area contributed by atoms with E-state index in [2.05, 4.69) is 46.2 Å². The van der Waals surface area contributed by atoms with Crippen LogP contribution in [-0.2, 0) is 26.0 Å². The molecule has 2 saturated heterocycles. The summed E-state index contributed by atoms with van der Waals surface area (Å²) in [5.41, 5.74) is 4.71. The Morgan fingerprint density at radius 2 is 1.03 bits per heavy atom. The van der Waals surface area contributed by atoms with E-state index in [4.69, 9.17) is 37.4 Å². The smallest absolute Gasteiger partial charge is 0.174 e. The lowest BCUT2D eigenvalue weighted by Gasteiger charge is -2.49. The zero-order valence-electron chi connectivity index (χ0n) is 19.6. The van der Waals surface area contributed by atoms with Crippen LogP contribution in [0.4, 0.5) is 11.4 Å². The Kier molecular flexibility index (Phi) is 8.08. The van der Waals surface area contributed by atoms with Crippen molar-refractivity contribution in [1.29, 1.82) is 0 Å². The van der Waals surface area contributed by atoms with Gasteiger partial charge in [-0.25, -0.2) is 0 Å². The topological polar surface area (TPSA) is 34.2 Å². The Balaban J connectivity index is 1.42. The number of para-hydroxylation sites is 2. The average molecular weight is 493 g/mol. The quantitative estimate of drug-likeness (QED) is 0.345. The maximum Gasteiger partial charge on any atom is 0.174 e. The monoisotopic (exact) mass is 492 g/mol. The van der Waals surface area contributed by atoms with Crippen molar-refractivity contribution in [2.45, 2.75) is 49.0 Å². The first-order valence-corrected chi connectivity index (χ1v) is 12.7. The first-order chi connectivity index (χ1) is 16.1. The van der Waals surface area contributed by atoms with E-state index in [9.17, 15) is 0 Å². The highest BCUT2D eigenvalue weighted by Gasteiger charge is 2.46. The standard InChI is InChI=1S/C26H34Cl2N2O3/c1-31-25(11-15-29(16-12-25)23-9-5-3-7-21(23)19-27)33-26(32-2)13-17-30(18-14-26)24-10-6-4-8-22(24)20-28/h3-10H,11-20H2,1-2H3. The SMILES string of the molecule is COC1(OC2(OC)CCN(c3ccccc3CCl)CC2)CCN(c2ccccc2CCl)CC1. The van der Waals surface area contributed by atoms with Crippen LogP contribution in [0.3, 0.4) is 0 Å². The van der Waals surface area contributed by atoms with Gasteiger partial charge in [-0.1, -0.05) is 36.4 Å². The van der Waals surface area contributed by atoms with Gasteiger partial charge in [-0.3, -0.25) is 0 Å². The van der Waals surface area contributed by atoms with Crippen LogP contribution in [0.2, 0.25) is 0 Å². The number of nitrogens with zero attached hydrogens (tertiary/aromatic N) is 2. The minimum absolute atomic E-state index is 0.509. The number of rotatable bonds is 8. The molecule has 5 nitrogen and oxygen atoms in total. The Hall–Kier alpha value is -1.50. The second-order valence-electron chi connectivity index (χ2n) is 8.83. The van der Waals surface area contributed by atoms with Crippen LogP contribution >= 0.6 is 23.2 Å². The van der Waals surface area contributed by atoms with Crippen LogP contribution < -0.4 is 9.80 Å². The van der Waals surface area contributed by atoms with Crippen molar-refractivity contribution in [2.24, 2.45) is 0 Å². The van der Waals surface area contributed by atoms with Crippen molar-refractivity contribution < 1.29 is 14.2 Å². The number of anilines is 2. The van der Waals surface area contributed by atoms with Crippen LogP contribution in [0.1, 0.15) is 36.8 Å². The maximum absolute atomic E-state index is 6.74. The molecule has 0 amide bonds. The number of halogens is 2. The van der Waals surface area contributed by atoms with Crippen LogP contribution in [-0.4, -0.2) is 52.0 Å². The van der Waals surface area contributed by atoms with Gasteiger partial charge >= 0.3 is 0 Å². The summed E-state index contributed by atoms with van der Waals surface area (Å²) >= 11 is 12.3. The van der Waals surface area contributed by atoms with E-state index < -0.39 is 11.6 Å². The number of alkyl halides is 2. The largest absolute Gasteiger partial charge is 0.371 e. The van der Waals surface area contributed by atoms with Crippen molar-refractivity contribution in [2.75, 3.05) is 50.2 Å². The van der Waals surface area contributed by atoms with E-state index in [0.717, 1.165) is 63.0 Å². The molecular weight excluding hydrogens is 459 g/mol. The van der Waals surface area contributed by atoms with Gasteiger partial charge in [-0.15, -0.1) is 23.2 Å². The summed E-state index contributed by atoms with van der Waals surface area (Å²) in [5.74, 6) is -0.291. The summed E-state index contributed by atoms with van der Waals surface area (Å²) in [6.07, 6.45) is 3.07. The molecule has 0 atom stereocenters. The van der Waals surface area contributed by atoms with E-state index >= 15 is 0 Å². The van der Waals surface area contributed by atoms with E-state index in [1.165, 1.54) is 11.4 Å². The number of benzene rings is 2. The minimum Gasteiger partial charge on any atom is -0.371 e. The van der Waals surface area contributed by atoms with Crippen LogP contribution in [0.15, 0.2) is 48.5 Å². The highest BCUT2D eigenvalue weighted by Crippen LogP contribution is 2.40. The fraction of sp³-hybridized carbons (Fsp3) is 0.538. The van der Waals surface area contributed by atoms with E-state index in [-0.39, 0.29) is 0 Å². The molecule has 0 N–H and O–H groups in total. The third kappa shape index (κ3) is 5.28. The van der Waals surface area contributed by atoms with Gasteiger partial charge in [0.05, 0.1) is 0 Å². The molecule has 0 aromatic heterocycles. The molecular formula is C26H34Cl2N2O3. The highest BCUT2D eigenvalue weighted by molar-refractivity contribution is 6.17. The predicted molar refractivity (Wildman–Crippen MR) is 135 cm³/mol. The second kappa shape index (κ2) is 10.8. The van der Waals surface area contributed by atoms with Gasteiger partial charge in [-0.05, 0) is 23.3 Å². The summed E-state index contributed by atoms with van der Waals surface area (Å²) < 4.78 is 18.8. The van der Waals surface area contributed by atoms with Crippen molar-refractivity contribution in [1.82, 2.24) is 0 Å². The number of hydrogen-bond donors (Lipinski definition) is 0. The summed E-state index contributed by atoms with van der Waals surface area (Å²) in [7, 11) is 3.50. The molecule has 180 valence electrons. The molecule has 0 bridgehead atoms. The lowest BCUT2D eigenvalue weighted by molar-refractivity contribution is -0.358. The summed E-state index contributed by atoms with van der Waals surface area (Å²) in [5, 5.41) is 0. The third-order valence-electron chi connectivity index (χ3n) is 7.12. The molecule has 4 rings (SSSR count). The van der Waals surface area contributed by atoms with Gasteiger partial charge in [0.2, 0.25) is 0 Å². The van der Waals surface area contributed by atoms with Gasteiger partial charge in [-0.2, -0.15) is 0 Å². The molecule has 7 heteroatoms. The lowest BCUT2D eigenvalue weighted by atomic mass is 9.97. The van der Waals surface area contributed by atoms with Crippen molar-refractivity contribution in [3.05, 3.63) is 59.7 Å². The molecule has 0 saturated carbocycles. The summed E-state index contributed by atoms with van der Waals surface area (Å²) in [6, 6.07) is 16.7. The fourth-order valence-electron chi connectivity index (χ4n) is 5.08. The van der Waals surface area contributed by atoms with E-state index in [0.29, 0.717) is 11.8 Å². The average Bonchev–Trinajstić information content (AvgIpc) is 2.89. The lowest BCUT2D eigenvalue weighted by Crippen LogP contribution is -2.56. The molecule has 2 aromatic carbocycles. The minimum atomic E-state index is -0.654. The number of ether oxygens (including phenoxy) is 3. The number of piperidine rings is 2. The molecule has 2 aliphatic heterocycles.